The zero-order chi connectivity index (χ0) is 16.2. The fraction of sp³-hybridized carbons (Fsp3) is 0.750. The van der Waals surface area contributed by atoms with E-state index in [-0.39, 0.29) is 5.33 Å². The fourth-order valence-electron chi connectivity index (χ4n) is 2.00. The number of carbonyl (C=O) groups is 3. The van der Waals surface area contributed by atoms with E-state index in [1.165, 1.54) is 6.92 Å². The van der Waals surface area contributed by atoms with Crippen LogP contribution in [0.15, 0.2) is 0 Å². The highest BCUT2D eigenvalue weighted by atomic mass is 79.9. The first-order valence-electron chi connectivity index (χ1n) is 6.17. The van der Waals surface area contributed by atoms with Crippen LogP contribution in [0.3, 0.4) is 0 Å². The maximum Gasteiger partial charge on any atom is 0.303 e. The Kier molecular flexibility index (Phi) is 6.56. The summed E-state index contributed by atoms with van der Waals surface area (Å²) in [4.78, 5) is 33.6. The lowest BCUT2D eigenvalue weighted by Gasteiger charge is -2.42. The molecule has 5 atom stereocenters. The first-order valence-corrected chi connectivity index (χ1v) is 7.29. The Bertz CT molecular complexity index is 412. The normalized spacial score (nSPS) is 32.1. The second kappa shape index (κ2) is 7.71. The van der Waals surface area contributed by atoms with Crippen molar-refractivity contribution in [3.8, 4) is 0 Å². The minimum absolute atomic E-state index is 0.215. The Morgan fingerprint density at radius 1 is 0.952 bits per heavy atom. The van der Waals surface area contributed by atoms with Crippen LogP contribution < -0.4 is 0 Å². The average Bonchev–Trinajstić information content (AvgIpc) is 2.35. The van der Waals surface area contributed by atoms with Crippen molar-refractivity contribution in [1.82, 2.24) is 0 Å². The lowest BCUT2D eigenvalue weighted by atomic mass is 9.99. The van der Waals surface area contributed by atoms with Crippen molar-refractivity contribution in [2.75, 3.05) is 5.33 Å². The van der Waals surface area contributed by atoms with Crippen molar-refractivity contribution >= 4 is 33.8 Å². The van der Waals surface area contributed by atoms with Gasteiger partial charge < -0.3 is 24.1 Å². The van der Waals surface area contributed by atoms with Gasteiger partial charge in [0.1, 0.15) is 6.10 Å². The van der Waals surface area contributed by atoms with Crippen LogP contribution in [0.1, 0.15) is 20.8 Å². The van der Waals surface area contributed by atoms with Crippen molar-refractivity contribution in [3.05, 3.63) is 0 Å². The van der Waals surface area contributed by atoms with Gasteiger partial charge in [0, 0.05) is 26.1 Å². The summed E-state index contributed by atoms with van der Waals surface area (Å²) in [5.41, 5.74) is 0. The molecule has 0 aromatic heterocycles. The molecule has 1 saturated heterocycles. The summed E-state index contributed by atoms with van der Waals surface area (Å²) < 4.78 is 20.3. The van der Waals surface area contributed by atoms with Crippen LogP contribution in [-0.4, -0.2) is 59.1 Å². The summed E-state index contributed by atoms with van der Waals surface area (Å²) in [6.45, 7) is 3.47. The lowest BCUT2D eigenvalue weighted by molar-refractivity contribution is -0.287. The Hall–Kier alpha value is -1.19. The Balaban J connectivity index is 3.08. The minimum Gasteiger partial charge on any atom is -0.456 e. The van der Waals surface area contributed by atoms with Gasteiger partial charge in [0.2, 0.25) is 0 Å². The van der Waals surface area contributed by atoms with E-state index in [1.807, 2.05) is 0 Å². The van der Waals surface area contributed by atoms with Crippen LogP contribution in [-0.2, 0) is 33.3 Å². The van der Waals surface area contributed by atoms with E-state index in [2.05, 4.69) is 15.9 Å². The van der Waals surface area contributed by atoms with Crippen molar-refractivity contribution < 1.29 is 38.4 Å². The summed E-state index contributed by atoms with van der Waals surface area (Å²) in [5, 5.41) is 10.1. The molecular weight excluding hydrogens is 352 g/mol. The third-order valence-electron chi connectivity index (χ3n) is 2.67. The van der Waals surface area contributed by atoms with Gasteiger partial charge >= 0.3 is 17.9 Å². The van der Waals surface area contributed by atoms with Gasteiger partial charge in [0.05, 0.1) is 0 Å². The highest BCUT2D eigenvalue weighted by Crippen LogP contribution is 2.28. The molecule has 0 bridgehead atoms. The fourth-order valence-corrected chi connectivity index (χ4v) is 2.52. The standard InChI is InChI=1S/C12H17BrO8/c1-5(14)18-9-8(4-13)21-12(17)11(20-7(3)16)10(9)19-6(2)15/h8-12,17H,4H2,1-3H3/t8?,9-,10+,11?,12+/m1/s1. The summed E-state index contributed by atoms with van der Waals surface area (Å²) in [7, 11) is 0. The van der Waals surface area contributed by atoms with Gasteiger partial charge in [-0.2, -0.15) is 0 Å². The number of hydrogen-bond acceptors (Lipinski definition) is 8. The summed E-state index contributed by atoms with van der Waals surface area (Å²) >= 11 is 3.16. The molecule has 1 aliphatic heterocycles. The van der Waals surface area contributed by atoms with E-state index >= 15 is 0 Å². The quantitative estimate of drug-likeness (QED) is 0.416. The number of aliphatic hydroxyl groups excluding tert-OH is 1. The number of halogens is 1. The molecule has 0 saturated carbocycles. The lowest BCUT2D eigenvalue weighted by Crippen LogP contribution is -2.61. The molecule has 1 N–H and O–H groups in total. The smallest absolute Gasteiger partial charge is 0.303 e. The number of ether oxygens (including phenoxy) is 4. The topological polar surface area (TPSA) is 108 Å². The van der Waals surface area contributed by atoms with Crippen LogP contribution in [0.2, 0.25) is 0 Å². The summed E-state index contributed by atoms with van der Waals surface area (Å²) in [6.07, 6.45) is -5.74. The number of alkyl halides is 1. The molecule has 0 radical (unpaired) electrons. The first kappa shape index (κ1) is 17.9. The second-order valence-electron chi connectivity index (χ2n) is 4.44. The second-order valence-corrected chi connectivity index (χ2v) is 5.09. The molecule has 0 spiro atoms. The van der Waals surface area contributed by atoms with Gasteiger partial charge in [-0.25, -0.2) is 0 Å². The zero-order valence-electron chi connectivity index (χ0n) is 11.8. The Morgan fingerprint density at radius 3 is 1.81 bits per heavy atom. The molecule has 8 nitrogen and oxygen atoms in total. The first-order chi connectivity index (χ1) is 9.76. The van der Waals surface area contributed by atoms with Gasteiger partial charge in [-0.05, 0) is 0 Å². The largest absolute Gasteiger partial charge is 0.456 e. The molecular formula is C12H17BrO8. The predicted molar refractivity (Wildman–Crippen MR) is 71.3 cm³/mol. The highest BCUT2D eigenvalue weighted by molar-refractivity contribution is 9.09. The maximum absolute atomic E-state index is 11.2. The van der Waals surface area contributed by atoms with E-state index in [4.69, 9.17) is 18.9 Å². The number of rotatable bonds is 4. The zero-order valence-corrected chi connectivity index (χ0v) is 13.4. The van der Waals surface area contributed by atoms with E-state index in [1.54, 1.807) is 0 Å². The van der Waals surface area contributed by atoms with Crippen LogP contribution in [0.5, 0.6) is 0 Å². The molecule has 9 heteroatoms. The summed E-state index contributed by atoms with van der Waals surface area (Å²) in [5.74, 6) is -1.99. The third-order valence-corrected chi connectivity index (χ3v) is 3.31. The SMILES string of the molecule is CC(=O)OC1[C@@H](OC(C)=O)[C@H](OC(C)=O)C(CBr)O[C@@H]1O. The van der Waals surface area contributed by atoms with Gasteiger partial charge in [-0.3, -0.25) is 14.4 Å². The molecule has 0 aromatic rings. The maximum atomic E-state index is 11.2. The molecule has 21 heavy (non-hydrogen) atoms. The van der Waals surface area contributed by atoms with E-state index in [0.717, 1.165) is 13.8 Å². The van der Waals surface area contributed by atoms with Crippen molar-refractivity contribution in [3.63, 3.8) is 0 Å². The highest BCUT2D eigenvalue weighted by Gasteiger charge is 2.50. The number of esters is 3. The molecule has 0 amide bonds. The van der Waals surface area contributed by atoms with E-state index in [9.17, 15) is 19.5 Å². The number of carbonyl (C=O) groups excluding carboxylic acids is 3. The number of aliphatic hydroxyl groups is 1. The van der Waals surface area contributed by atoms with Crippen molar-refractivity contribution in [1.29, 1.82) is 0 Å². The molecule has 120 valence electrons. The molecule has 1 heterocycles. The van der Waals surface area contributed by atoms with E-state index in [0.29, 0.717) is 0 Å². The Morgan fingerprint density at radius 2 is 1.38 bits per heavy atom. The molecule has 1 fully saturated rings. The summed E-state index contributed by atoms with van der Waals surface area (Å²) in [6, 6.07) is 0. The monoisotopic (exact) mass is 368 g/mol. The molecule has 0 aromatic carbocycles. The molecule has 1 rings (SSSR count). The van der Waals surface area contributed by atoms with Crippen LogP contribution in [0, 0.1) is 0 Å². The van der Waals surface area contributed by atoms with Crippen molar-refractivity contribution in [2.24, 2.45) is 0 Å². The van der Waals surface area contributed by atoms with Crippen molar-refractivity contribution in [2.45, 2.75) is 51.5 Å². The van der Waals surface area contributed by atoms with Gasteiger partial charge in [0.15, 0.2) is 24.6 Å². The Labute approximate surface area is 129 Å². The van der Waals surface area contributed by atoms with Gasteiger partial charge in [-0.15, -0.1) is 0 Å². The molecule has 2 unspecified atom stereocenters. The van der Waals surface area contributed by atoms with Crippen LogP contribution in [0.25, 0.3) is 0 Å². The number of hydrogen-bond donors (Lipinski definition) is 1. The minimum atomic E-state index is -1.51. The molecule has 0 aliphatic carbocycles. The van der Waals surface area contributed by atoms with Gasteiger partial charge in [-0.1, -0.05) is 15.9 Å². The van der Waals surface area contributed by atoms with Crippen LogP contribution in [0.4, 0.5) is 0 Å². The van der Waals surface area contributed by atoms with Gasteiger partial charge in [0.25, 0.3) is 0 Å². The average molecular weight is 369 g/mol. The van der Waals surface area contributed by atoms with Crippen LogP contribution >= 0.6 is 15.9 Å². The predicted octanol–water partition coefficient (Wildman–Crippen LogP) is -0.106. The van der Waals surface area contributed by atoms with E-state index < -0.39 is 48.6 Å². The molecule has 1 aliphatic rings. The third kappa shape index (κ3) is 4.94.